The largest absolute Gasteiger partial charge is 0.455 e. The van der Waals surface area contributed by atoms with Crippen LogP contribution in [0.3, 0.4) is 0 Å². The van der Waals surface area contributed by atoms with Gasteiger partial charge in [-0.15, -0.1) is 11.3 Å². The van der Waals surface area contributed by atoms with E-state index < -0.39 is 0 Å². The van der Waals surface area contributed by atoms with Crippen molar-refractivity contribution in [3.8, 4) is 22.8 Å². The summed E-state index contributed by atoms with van der Waals surface area (Å²) in [7, 11) is 2.19. The first kappa shape index (κ1) is 25.5. The summed E-state index contributed by atoms with van der Waals surface area (Å²) in [6.07, 6.45) is 4.25. The molecule has 0 aliphatic carbocycles. The molecule has 0 spiro atoms. The number of aryl methyl sites for hydroxylation is 2. The minimum absolute atomic E-state index is 0.122. The second-order valence-electron chi connectivity index (χ2n) is 14.2. The summed E-state index contributed by atoms with van der Waals surface area (Å²) in [5, 5.41) is 7.78. The lowest BCUT2D eigenvalue weighted by Gasteiger charge is -2.27. The van der Waals surface area contributed by atoms with Crippen LogP contribution in [-0.2, 0) is 19.9 Å². The van der Waals surface area contributed by atoms with Crippen LogP contribution in [0.1, 0.15) is 58.2 Å². The van der Waals surface area contributed by atoms with E-state index in [0.29, 0.717) is 0 Å². The van der Waals surface area contributed by atoms with Gasteiger partial charge in [0.1, 0.15) is 18.5 Å². The van der Waals surface area contributed by atoms with Crippen LogP contribution in [0.2, 0.25) is 0 Å². The Morgan fingerprint density at radius 1 is 0.800 bits per heavy atom. The van der Waals surface area contributed by atoms with E-state index in [1.807, 2.05) is 11.3 Å². The van der Waals surface area contributed by atoms with Crippen molar-refractivity contribution in [1.82, 2.24) is 0 Å². The Balaban J connectivity index is 1.61. The fourth-order valence-corrected chi connectivity index (χ4v) is 8.08. The van der Waals surface area contributed by atoms with E-state index in [1.165, 1.54) is 69.7 Å². The molecule has 7 rings (SSSR count). The zero-order valence-corrected chi connectivity index (χ0v) is 25.8. The van der Waals surface area contributed by atoms with Gasteiger partial charge in [0.25, 0.3) is 0 Å². The average molecular weight is 545 g/mol. The number of thiophene rings is 1. The van der Waals surface area contributed by atoms with Crippen LogP contribution in [0.4, 0.5) is 0 Å². The minimum Gasteiger partial charge on any atom is -0.455 e. The summed E-state index contributed by atoms with van der Waals surface area (Å²) in [6, 6.07) is 20.4. The smallest absolute Gasteiger partial charge is 0.228 e. The molecule has 0 N–H and O–H groups in total. The van der Waals surface area contributed by atoms with Crippen LogP contribution >= 0.6 is 11.3 Å². The molecular formula is C37H38NOS+. The van der Waals surface area contributed by atoms with E-state index >= 15 is 0 Å². The Bertz CT molecular complexity index is 2010. The molecule has 0 unspecified atom stereocenters. The SMILES string of the molecule is Cc1c2c(c(CC(C)(C)C)c3sc4ccccc4c13)Oc1cc3ccc(CC(C)(C)C)cc3c3cc[n+](C)c-2c13. The molecule has 0 fully saturated rings. The van der Waals surface area contributed by atoms with Crippen molar-refractivity contribution in [3.63, 3.8) is 0 Å². The quantitative estimate of drug-likeness (QED) is 0.156. The molecular weight excluding hydrogens is 506 g/mol. The maximum Gasteiger partial charge on any atom is 0.228 e. The van der Waals surface area contributed by atoms with Crippen LogP contribution in [-0.4, -0.2) is 0 Å². The number of rotatable bonds is 2. The Morgan fingerprint density at radius 3 is 2.30 bits per heavy atom. The van der Waals surface area contributed by atoms with E-state index in [1.54, 1.807) is 0 Å². The van der Waals surface area contributed by atoms with Crippen LogP contribution in [0.5, 0.6) is 11.5 Å². The third kappa shape index (κ3) is 3.93. The summed E-state index contributed by atoms with van der Waals surface area (Å²) in [4.78, 5) is 0. The number of hydrogen-bond donors (Lipinski definition) is 0. The van der Waals surface area contributed by atoms with Crippen LogP contribution < -0.4 is 9.30 Å². The highest BCUT2D eigenvalue weighted by Crippen LogP contribution is 2.55. The first-order chi connectivity index (χ1) is 18.9. The third-order valence-corrected chi connectivity index (χ3v) is 9.51. The molecule has 0 bridgehead atoms. The van der Waals surface area contributed by atoms with Crippen molar-refractivity contribution < 1.29 is 9.30 Å². The molecule has 1 aliphatic heterocycles. The van der Waals surface area contributed by atoms with Gasteiger partial charge in [0.2, 0.25) is 5.69 Å². The maximum absolute atomic E-state index is 7.08. The Morgan fingerprint density at radius 2 is 1.55 bits per heavy atom. The Labute approximate surface area is 241 Å². The van der Waals surface area contributed by atoms with Gasteiger partial charge in [-0.3, -0.25) is 0 Å². The van der Waals surface area contributed by atoms with Crippen molar-refractivity contribution in [3.05, 3.63) is 77.5 Å². The van der Waals surface area contributed by atoms with E-state index in [-0.39, 0.29) is 10.8 Å². The van der Waals surface area contributed by atoms with E-state index in [4.69, 9.17) is 4.74 Å². The zero-order chi connectivity index (χ0) is 28.1. The van der Waals surface area contributed by atoms with Gasteiger partial charge in [-0.1, -0.05) is 77.9 Å². The van der Waals surface area contributed by atoms with E-state index in [0.717, 1.165) is 24.3 Å². The molecule has 0 atom stereocenters. The molecule has 2 aromatic heterocycles. The van der Waals surface area contributed by atoms with E-state index in [9.17, 15) is 0 Å². The van der Waals surface area contributed by atoms with Gasteiger partial charge in [0.15, 0.2) is 6.20 Å². The molecule has 0 saturated carbocycles. The summed E-state index contributed by atoms with van der Waals surface area (Å²) < 4.78 is 12.1. The molecule has 4 aromatic carbocycles. The molecule has 0 saturated heterocycles. The van der Waals surface area contributed by atoms with Crippen molar-refractivity contribution in [2.24, 2.45) is 17.9 Å². The Hall–Kier alpha value is -3.43. The predicted molar refractivity (Wildman–Crippen MR) is 172 cm³/mol. The van der Waals surface area contributed by atoms with Crippen molar-refractivity contribution in [2.75, 3.05) is 0 Å². The van der Waals surface area contributed by atoms with Crippen molar-refractivity contribution in [1.29, 1.82) is 0 Å². The summed E-state index contributed by atoms with van der Waals surface area (Å²) in [5.74, 6) is 2.02. The highest BCUT2D eigenvalue weighted by Gasteiger charge is 2.35. The number of benzene rings is 4. The summed E-state index contributed by atoms with van der Waals surface area (Å²) in [6.45, 7) is 16.2. The number of aromatic nitrogens is 1. The highest BCUT2D eigenvalue weighted by atomic mass is 32.1. The third-order valence-electron chi connectivity index (χ3n) is 8.28. The van der Waals surface area contributed by atoms with Gasteiger partial charge in [-0.05, 0) is 64.6 Å². The van der Waals surface area contributed by atoms with Gasteiger partial charge < -0.3 is 4.74 Å². The number of ether oxygens (including phenoxy) is 1. The molecule has 3 heterocycles. The first-order valence-electron chi connectivity index (χ1n) is 14.4. The van der Waals surface area contributed by atoms with Crippen LogP contribution in [0.25, 0.3) is 53.0 Å². The van der Waals surface area contributed by atoms with Gasteiger partial charge in [0, 0.05) is 37.2 Å². The zero-order valence-electron chi connectivity index (χ0n) is 25.0. The van der Waals surface area contributed by atoms with Gasteiger partial charge in [-0.25, -0.2) is 4.57 Å². The minimum atomic E-state index is 0.122. The summed E-state index contributed by atoms with van der Waals surface area (Å²) in [5.41, 5.74) is 6.92. The standard InChI is InChI=1S/C37H38NOS/c1-21-30-25-11-9-10-12-29(25)40-35(30)27(20-37(5,6)7)34-31(21)33-32-24(15-16-38(33)8)26-17-22(19-36(2,3)4)13-14-23(26)18-28(32)39-34/h9-18H,19-20H2,1-8H3/q+1. The molecule has 1 aliphatic rings. The second kappa shape index (κ2) is 8.54. The molecule has 0 amide bonds. The molecule has 40 heavy (non-hydrogen) atoms. The maximum atomic E-state index is 7.08. The lowest BCUT2D eigenvalue weighted by atomic mass is 9.83. The molecule has 3 heteroatoms. The predicted octanol–water partition coefficient (Wildman–Crippen LogP) is 10.4. The van der Waals surface area contributed by atoms with Crippen molar-refractivity contribution >= 4 is 53.1 Å². The van der Waals surface area contributed by atoms with Crippen LogP contribution in [0, 0.1) is 17.8 Å². The van der Waals surface area contributed by atoms with Crippen LogP contribution in [0.15, 0.2) is 60.8 Å². The monoisotopic (exact) mass is 544 g/mol. The number of nitrogens with zero attached hydrogens (tertiary/aromatic N) is 1. The molecule has 202 valence electrons. The highest BCUT2D eigenvalue weighted by molar-refractivity contribution is 7.26. The molecule has 2 nitrogen and oxygen atoms in total. The lowest BCUT2D eigenvalue weighted by Crippen LogP contribution is -2.32. The van der Waals surface area contributed by atoms with Gasteiger partial charge >= 0.3 is 0 Å². The molecule has 6 aromatic rings. The van der Waals surface area contributed by atoms with Crippen molar-refractivity contribution in [2.45, 2.75) is 61.3 Å². The number of hydrogen-bond acceptors (Lipinski definition) is 2. The fraction of sp³-hybridized carbons (Fsp3) is 0.324. The number of fused-ring (bicyclic) bond motifs is 7. The van der Waals surface area contributed by atoms with Gasteiger partial charge in [-0.2, -0.15) is 0 Å². The topological polar surface area (TPSA) is 13.1 Å². The normalized spacial score (nSPS) is 13.4. The van der Waals surface area contributed by atoms with E-state index in [2.05, 4.69) is 121 Å². The lowest BCUT2D eigenvalue weighted by molar-refractivity contribution is -0.659. The molecule has 0 radical (unpaired) electrons. The van der Waals surface area contributed by atoms with Gasteiger partial charge in [0.05, 0.1) is 10.9 Å². The summed E-state index contributed by atoms with van der Waals surface area (Å²) >= 11 is 1.92. The second-order valence-corrected chi connectivity index (χ2v) is 15.2. The first-order valence-corrected chi connectivity index (χ1v) is 15.2. The number of pyridine rings is 1. The average Bonchev–Trinajstić information content (AvgIpc) is 3.26. The Kier molecular flexibility index (Phi) is 5.45. The fourth-order valence-electron chi connectivity index (χ4n) is 6.78.